The zero-order valence-corrected chi connectivity index (χ0v) is 25.6. The SMILES string of the molecule is CCOC(=O)C1=C(C)N=c2s/c(=C\c3ccc(-c4cccc(C(F)(F)F)c4)o3)c(=O)n2[C@H]1c1cc(OC)c(OC)cc1Br. The molecule has 0 N–H and O–H groups in total. The van der Waals surface area contributed by atoms with Crippen molar-refractivity contribution >= 4 is 39.3 Å². The molecule has 0 aliphatic carbocycles. The summed E-state index contributed by atoms with van der Waals surface area (Å²) in [4.78, 5) is 32.0. The quantitative estimate of drug-likeness (QED) is 0.228. The topological polar surface area (TPSA) is 92.3 Å². The second kappa shape index (κ2) is 11.9. The van der Waals surface area contributed by atoms with Gasteiger partial charge in [0.15, 0.2) is 16.3 Å². The van der Waals surface area contributed by atoms with Crippen LogP contribution in [0.4, 0.5) is 13.2 Å². The van der Waals surface area contributed by atoms with Gasteiger partial charge in [0.2, 0.25) is 0 Å². The Morgan fingerprint density at radius 1 is 1.14 bits per heavy atom. The van der Waals surface area contributed by atoms with Gasteiger partial charge in [0.25, 0.3) is 5.56 Å². The number of furan rings is 1. The molecule has 0 unspecified atom stereocenters. The van der Waals surface area contributed by atoms with Crippen molar-refractivity contribution in [3.05, 3.63) is 101 Å². The van der Waals surface area contributed by atoms with Crippen LogP contribution < -0.4 is 24.4 Å². The first-order valence-corrected chi connectivity index (χ1v) is 14.5. The van der Waals surface area contributed by atoms with Gasteiger partial charge < -0.3 is 18.6 Å². The summed E-state index contributed by atoms with van der Waals surface area (Å²) < 4.78 is 63.9. The normalized spacial score (nSPS) is 15.3. The zero-order valence-electron chi connectivity index (χ0n) is 23.2. The summed E-state index contributed by atoms with van der Waals surface area (Å²) in [6, 6.07) is 10.3. The van der Waals surface area contributed by atoms with Gasteiger partial charge in [0.05, 0.1) is 48.2 Å². The van der Waals surface area contributed by atoms with E-state index in [4.69, 9.17) is 18.6 Å². The highest BCUT2D eigenvalue weighted by Gasteiger charge is 2.35. The maximum Gasteiger partial charge on any atom is 0.416 e. The highest BCUT2D eigenvalue weighted by Crippen LogP contribution is 2.41. The fourth-order valence-electron chi connectivity index (χ4n) is 4.73. The van der Waals surface area contributed by atoms with Crippen molar-refractivity contribution in [1.82, 2.24) is 4.57 Å². The van der Waals surface area contributed by atoms with E-state index in [1.165, 1.54) is 43.1 Å². The van der Waals surface area contributed by atoms with Gasteiger partial charge in [-0.25, -0.2) is 9.79 Å². The Balaban J connectivity index is 1.65. The number of methoxy groups -OCH3 is 2. The number of rotatable bonds is 7. The number of carbonyl (C=O) groups is 1. The number of nitrogens with zero attached hydrogens (tertiary/aromatic N) is 2. The number of thiazole rings is 1. The molecular weight excluding hydrogens is 653 g/mol. The van der Waals surface area contributed by atoms with Gasteiger partial charge in [-0.15, -0.1) is 0 Å². The number of aromatic nitrogens is 1. The van der Waals surface area contributed by atoms with E-state index in [0.29, 0.717) is 32.0 Å². The number of alkyl halides is 3. The van der Waals surface area contributed by atoms with Gasteiger partial charge >= 0.3 is 12.1 Å². The first-order valence-electron chi connectivity index (χ1n) is 12.8. The van der Waals surface area contributed by atoms with Crippen molar-refractivity contribution in [1.29, 1.82) is 0 Å². The number of fused-ring (bicyclic) bond motifs is 1. The van der Waals surface area contributed by atoms with E-state index in [1.54, 1.807) is 32.0 Å². The Hall–Kier alpha value is -4.10. The van der Waals surface area contributed by atoms with Crippen LogP contribution in [0.25, 0.3) is 17.4 Å². The molecule has 0 fully saturated rings. The molecule has 4 aromatic rings. The van der Waals surface area contributed by atoms with Crippen molar-refractivity contribution in [3.8, 4) is 22.8 Å². The van der Waals surface area contributed by atoms with Gasteiger partial charge in [0.1, 0.15) is 11.5 Å². The number of benzene rings is 2. The Morgan fingerprint density at radius 2 is 1.86 bits per heavy atom. The molecule has 13 heteroatoms. The minimum absolute atomic E-state index is 0.118. The summed E-state index contributed by atoms with van der Waals surface area (Å²) in [5, 5.41) is 0. The summed E-state index contributed by atoms with van der Waals surface area (Å²) >= 11 is 4.64. The number of ether oxygens (including phenoxy) is 3. The highest BCUT2D eigenvalue weighted by molar-refractivity contribution is 9.10. The molecule has 0 bridgehead atoms. The predicted octanol–water partition coefficient (Wildman–Crippen LogP) is 5.86. The molecule has 0 amide bonds. The van der Waals surface area contributed by atoms with Gasteiger partial charge in [-0.05, 0) is 55.8 Å². The number of halogens is 4. The van der Waals surface area contributed by atoms with Crippen molar-refractivity contribution in [2.45, 2.75) is 26.1 Å². The fraction of sp³-hybridized carbons (Fsp3) is 0.233. The molecule has 5 rings (SSSR count). The Kier molecular flexibility index (Phi) is 8.39. The molecule has 0 radical (unpaired) electrons. The molecule has 1 aliphatic heterocycles. The molecule has 0 saturated carbocycles. The van der Waals surface area contributed by atoms with Crippen LogP contribution in [-0.2, 0) is 15.7 Å². The lowest BCUT2D eigenvalue weighted by atomic mass is 9.95. The van der Waals surface area contributed by atoms with E-state index < -0.39 is 29.3 Å². The summed E-state index contributed by atoms with van der Waals surface area (Å²) in [7, 11) is 2.97. The van der Waals surface area contributed by atoms with Gasteiger partial charge in [-0.3, -0.25) is 9.36 Å². The van der Waals surface area contributed by atoms with Crippen LogP contribution in [-0.4, -0.2) is 31.4 Å². The number of carbonyl (C=O) groups excluding carboxylic acids is 1. The minimum atomic E-state index is -4.50. The second-order valence-electron chi connectivity index (χ2n) is 9.31. The largest absolute Gasteiger partial charge is 0.493 e. The highest BCUT2D eigenvalue weighted by atomic mass is 79.9. The molecule has 2 aromatic heterocycles. The summed E-state index contributed by atoms with van der Waals surface area (Å²) in [6.45, 7) is 3.47. The molecule has 0 saturated heterocycles. The van der Waals surface area contributed by atoms with Crippen LogP contribution >= 0.6 is 27.3 Å². The standard InChI is InChI=1S/C30H24BrF3N2O6S/c1-5-41-28(38)25-15(2)35-29-36(26(25)19-13-22(39-3)23(40-4)14-20(19)31)27(37)24(43-29)12-18-9-10-21(42-18)16-7-6-8-17(11-16)30(32,33)34/h6-14,26H,5H2,1-4H3/b24-12-/t26-/m0/s1. The van der Waals surface area contributed by atoms with E-state index in [-0.39, 0.29) is 33.8 Å². The fourth-order valence-corrected chi connectivity index (χ4v) is 6.29. The molecule has 43 heavy (non-hydrogen) atoms. The van der Waals surface area contributed by atoms with Crippen LogP contribution in [0.5, 0.6) is 11.5 Å². The molecule has 1 aliphatic rings. The number of hydrogen-bond donors (Lipinski definition) is 0. The molecule has 3 heterocycles. The molecule has 0 spiro atoms. The zero-order chi connectivity index (χ0) is 31.1. The third-order valence-electron chi connectivity index (χ3n) is 6.69. The maximum absolute atomic E-state index is 13.9. The third kappa shape index (κ3) is 5.78. The number of esters is 1. The third-order valence-corrected chi connectivity index (χ3v) is 8.36. The summed E-state index contributed by atoms with van der Waals surface area (Å²) in [5.74, 6) is 0.666. The molecule has 1 atom stereocenters. The van der Waals surface area contributed by atoms with E-state index in [2.05, 4.69) is 20.9 Å². The van der Waals surface area contributed by atoms with Gasteiger partial charge in [-0.1, -0.05) is 39.4 Å². The van der Waals surface area contributed by atoms with Crippen LogP contribution in [0.2, 0.25) is 0 Å². The Morgan fingerprint density at radius 3 is 2.53 bits per heavy atom. The van der Waals surface area contributed by atoms with Crippen molar-refractivity contribution < 1.29 is 36.6 Å². The monoisotopic (exact) mass is 676 g/mol. The average molecular weight is 677 g/mol. The molecule has 8 nitrogen and oxygen atoms in total. The van der Waals surface area contributed by atoms with Crippen LogP contribution in [0.3, 0.4) is 0 Å². The van der Waals surface area contributed by atoms with Crippen molar-refractivity contribution in [2.75, 3.05) is 20.8 Å². The lowest BCUT2D eigenvalue weighted by molar-refractivity contribution is -0.139. The van der Waals surface area contributed by atoms with Gasteiger partial charge in [0, 0.05) is 16.1 Å². The first kappa shape index (κ1) is 30.4. The summed E-state index contributed by atoms with van der Waals surface area (Å²) in [6.07, 6.45) is -3.01. The van der Waals surface area contributed by atoms with Crippen LogP contribution in [0.15, 0.2) is 78.5 Å². The Labute approximate surface area is 255 Å². The van der Waals surface area contributed by atoms with E-state index in [9.17, 15) is 22.8 Å². The minimum Gasteiger partial charge on any atom is -0.493 e. The van der Waals surface area contributed by atoms with Crippen molar-refractivity contribution in [3.63, 3.8) is 0 Å². The molecule has 2 aromatic carbocycles. The second-order valence-corrected chi connectivity index (χ2v) is 11.2. The lowest BCUT2D eigenvalue weighted by Gasteiger charge is -2.26. The maximum atomic E-state index is 13.9. The average Bonchev–Trinajstić information content (AvgIpc) is 3.56. The van der Waals surface area contributed by atoms with E-state index in [0.717, 1.165) is 23.5 Å². The van der Waals surface area contributed by atoms with Crippen molar-refractivity contribution in [2.24, 2.45) is 4.99 Å². The summed E-state index contributed by atoms with van der Waals surface area (Å²) in [5.41, 5.74) is 0.0739. The Bertz CT molecular complexity index is 1940. The van der Waals surface area contributed by atoms with E-state index in [1.807, 2.05) is 0 Å². The molecule has 224 valence electrons. The smallest absolute Gasteiger partial charge is 0.416 e. The van der Waals surface area contributed by atoms with Crippen LogP contribution in [0, 0.1) is 0 Å². The first-order chi connectivity index (χ1) is 20.5. The number of allylic oxidation sites excluding steroid dienone is 1. The molecular formula is C30H24BrF3N2O6S. The predicted molar refractivity (Wildman–Crippen MR) is 157 cm³/mol. The van der Waals surface area contributed by atoms with E-state index >= 15 is 0 Å². The van der Waals surface area contributed by atoms with Gasteiger partial charge in [-0.2, -0.15) is 13.2 Å². The lowest BCUT2D eigenvalue weighted by Crippen LogP contribution is -2.40. The van der Waals surface area contributed by atoms with Crippen LogP contribution in [0.1, 0.15) is 36.8 Å². The number of hydrogen-bond acceptors (Lipinski definition) is 8.